The summed E-state index contributed by atoms with van der Waals surface area (Å²) < 4.78 is 1.68. The van der Waals surface area contributed by atoms with Gasteiger partial charge in [0.1, 0.15) is 0 Å². The van der Waals surface area contributed by atoms with E-state index < -0.39 is 0 Å². The van der Waals surface area contributed by atoms with Gasteiger partial charge in [0.2, 0.25) is 0 Å². The number of rotatable bonds is 5. The predicted octanol–water partition coefficient (Wildman–Crippen LogP) is 2.74. The summed E-state index contributed by atoms with van der Waals surface area (Å²) in [7, 11) is 0. The van der Waals surface area contributed by atoms with Gasteiger partial charge in [0.05, 0.1) is 12.8 Å². The number of carbonyl (C=O) groups excluding carboxylic acids is 1. The molecule has 1 N–H and O–H groups in total. The molecule has 0 saturated heterocycles. The standard InChI is InChI=1S/C17H14ClN5O/c18-15-5-3-13(4-6-15)12-23-9-7-16(22-23)17(24)21-20-11-14-2-1-8-19-10-14/h1-11H,12H2,(H,21,24). The molecule has 7 heteroatoms. The molecule has 0 aliphatic carbocycles. The van der Waals surface area contributed by atoms with Gasteiger partial charge < -0.3 is 0 Å². The topological polar surface area (TPSA) is 72.2 Å². The van der Waals surface area contributed by atoms with Crippen molar-refractivity contribution in [2.75, 3.05) is 0 Å². The molecule has 0 fully saturated rings. The highest BCUT2D eigenvalue weighted by Gasteiger charge is 2.08. The first-order chi connectivity index (χ1) is 11.7. The molecule has 1 aromatic carbocycles. The molecule has 3 rings (SSSR count). The average molecular weight is 340 g/mol. The van der Waals surface area contributed by atoms with Crippen LogP contribution >= 0.6 is 11.6 Å². The van der Waals surface area contributed by atoms with Crippen LogP contribution in [0.3, 0.4) is 0 Å². The first-order valence-corrected chi connectivity index (χ1v) is 7.60. The molecule has 0 bridgehead atoms. The molecule has 0 aliphatic rings. The van der Waals surface area contributed by atoms with Gasteiger partial charge in [-0.2, -0.15) is 10.2 Å². The van der Waals surface area contributed by atoms with Crippen LogP contribution in [0, 0.1) is 0 Å². The Kier molecular flexibility index (Phi) is 4.98. The molecule has 2 heterocycles. The number of aromatic nitrogens is 3. The van der Waals surface area contributed by atoms with E-state index >= 15 is 0 Å². The first-order valence-electron chi connectivity index (χ1n) is 7.22. The normalized spacial score (nSPS) is 10.9. The summed E-state index contributed by atoms with van der Waals surface area (Å²) in [5.74, 6) is -0.370. The largest absolute Gasteiger partial charge is 0.291 e. The quantitative estimate of drug-likeness (QED) is 0.574. The molecule has 120 valence electrons. The maximum absolute atomic E-state index is 12.0. The van der Waals surface area contributed by atoms with Crippen molar-refractivity contribution in [2.45, 2.75) is 6.54 Å². The molecule has 1 amide bonds. The Morgan fingerprint density at radius 1 is 1.25 bits per heavy atom. The van der Waals surface area contributed by atoms with Gasteiger partial charge in [0.25, 0.3) is 5.91 Å². The second-order valence-corrected chi connectivity index (χ2v) is 5.45. The predicted molar refractivity (Wildman–Crippen MR) is 92.1 cm³/mol. The third kappa shape index (κ3) is 4.27. The third-order valence-corrected chi connectivity index (χ3v) is 3.45. The fraction of sp³-hybridized carbons (Fsp3) is 0.0588. The zero-order chi connectivity index (χ0) is 16.8. The van der Waals surface area contributed by atoms with E-state index in [0.29, 0.717) is 17.3 Å². The minimum Gasteiger partial charge on any atom is -0.268 e. The van der Waals surface area contributed by atoms with Crippen LogP contribution in [0.4, 0.5) is 0 Å². The number of carbonyl (C=O) groups is 1. The van der Waals surface area contributed by atoms with Crippen LogP contribution in [-0.4, -0.2) is 26.9 Å². The van der Waals surface area contributed by atoms with Gasteiger partial charge in [-0.15, -0.1) is 0 Å². The Hall–Kier alpha value is -2.99. The summed E-state index contributed by atoms with van der Waals surface area (Å²) in [6.45, 7) is 0.559. The monoisotopic (exact) mass is 339 g/mol. The van der Waals surface area contributed by atoms with Crippen molar-refractivity contribution in [3.8, 4) is 0 Å². The SMILES string of the molecule is O=C(NN=Cc1cccnc1)c1ccn(Cc2ccc(Cl)cc2)n1. The summed E-state index contributed by atoms with van der Waals surface area (Å²) in [5.41, 5.74) is 4.58. The highest BCUT2D eigenvalue weighted by Crippen LogP contribution is 2.10. The van der Waals surface area contributed by atoms with E-state index in [4.69, 9.17) is 11.6 Å². The average Bonchev–Trinajstić information content (AvgIpc) is 3.06. The van der Waals surface area contributed by atoms with Crippen LogP contribution in [0.25, 0.3) is 0 Å². The number of nitrogens with zero attached hydrogens (tertiary/aromatic N) is 4. The Balaban J connectivity index is 1.59. The highest BCUT2D eigenvalue weighted by molar-refractivity contribution is 6.30. The summed E-state index contributed by atoms with van der Waals surface area (Å²) in [5, 5.41) is 8.82. The van der Waals surface area contributed by atoms with E-state index in [1.165, 1.54) is 6.21 Å². The summed E-state index contributed by atoms with van der Waals surface area (Å²) in [6.07, 6.45) is 6.59. The fourth-order valence-corrected chi connectivity index (χ4v) is 2.15. The van der Waals surface area contributed by atoms with Crippen molar-refractivity contribution in [1.29, 1.82) is 0 Å². The Morgan fingerprint density at radius 2 is 2.08 bits per heavy atom. The van der Waals surface area contributed by atoms with Gasteiger partial charge in [-0.1, -0.05) is 29.8 Å². The maximum atomic E-state index is 12.0. The highest BCUT2D eigenvalue weighted by atomic mass is 35.5. The second-order valence-electron chi connectivity index (χ2n) is 5.01. The molecular formula is C17H14ClN5O. The lowest BCUT2D eigenvalue weighted by molar-refractivity contribution is 0.0949. The van der Waals surface area contributed by atoms with Crippen molar-refractivity contribution in [2.24, 2.45) is 5.10 Å². The molecule has 3 aromatic rings. The molecule has 24 heavy (non-hydrogen) atoms. The Labute approximate surface area is 143 Å². The first kappa shape index (κ1) is 15.9. The molecule has 2 aromatic heterocycles. The molecule has 0 saturated carbocycles. The van der Waals surface area contributed by atoms with Gasteiger partial charge in [-0.25, -0.2) is 5.43 Å². The molecule has 0 aliphatic heterocycles. The molecule has 0 unspecified atom stereocenters. The number of benzene rings is 1. The van der Waals surface area contributed by atoms with E-state index in [9.17, 15) is 4.79 Å². The van der Waals surface area contributed by atoms with Gasteiger partial charge >= 0.3 is 0 Å². The lowest BCUT2D eigenvalue weighted by atomic mass is 10.2. The van der Waals surface area contributed by atoms with Crippen LogP contribution in [-0.2, 0) is 6.54 Å². The fourth-order valence-electron chi connectivity index (χ4n) is 2.02. The zero-order valence-electron chi connectivity index (χ0n) is 12.6. The molecular weight excluding hydrogens is 326 g/mol. The van der Waals surface area contributed by atoms with Crippen molar-refractivity contribution in [3.63, 3.8) is 0 Å². The maximum Gasteiger partial charge on any atom is 0.291 e. The van der Waals surface area contributed by atoms with Crippen molar-refractivity contribution in [3.05, 3.63) is 82.9 Å². The molecule has 6 nitrogen and oxygen atoms in total. The third-order valence-electron chi connectivity index (χ3n) is 3.20. The lowest BCUT2D eigenvalue weighted by Gasteiger charge is -2.02. The van der Waals surface area contributed by atoms with E-state index in [0.717, 1.165) is 11.1 Å². The van der Waals surface area contributed by atoms with Crippen LogP contribution < -0.4 is 5.43 Å². The molecule has 0 atom stereocenters. The lowest BCUT2D eigenvalue weighted by Crippen LogP contribution is -2.18. The van der Waals surface area contributed by atoms with Gasteiger partial charge in [0, 0.05) is 29.2 Å². The number of hydrogen-bond donors (Lipinski definition) is 1. The van der Waals surface area contributed by atoms with Gasteiger partial charge in [0.15, 0.2) is 5.69 Å². The number of halogens is 1. The number of hydrazone groups is 1. The summed E-state index contributed by atoms with van der Waals surface area (Å²) in [4.78, 5) is 16.0. The van der Waals surface area contributed by atoms with Crippen LogP contribution in [0.5, 0.6) is 0 Å². The number of hydrogen-bond acceptors (Lipinski definition) is 4. The van der Waals surface area contributed by atoms with Crippen LogP contribution in [0.1, 0.15) is 21.6 Å². The van der Waals surface area contributed by atoms with Gasteiger partial charge in [-0.3, -0.25) is 14.5 Å². The number of amides is 1. The Morgan fingerprint density at radius 3 is 2.83 bits per heavy atom. The van der Waals surface area contributed by atoms with E-state index in [1.807, 2.05) is 30.3 Å². The van der Waals surface area contributed by atoms with Crippen LogP contribution in [0.15, 0.2) is 66.2 Å². The zero-order valence-corrected chi connectivity index (χ0v) is 13.4. The van der Waals surface area contributed by atoms with Crippen molar-refractivity contribution >= 4 is 23.7 Å². The minimum atomic E-state index is -0.370. The van der Waals surface area contributed by atoms with Crippen LogP contribution in [0.2, 0.25) is 5.02 Å². The number of nitrogens with one attached hydrogen (secondary N) is 1. The minimum absolute atomic E-state index is 0.298. The second kappa shape index (κ2) is 7.52. The molecule has 0 spiro atoms. The van der Waals surface area contributed by atoms with E-state index in [2.05, 4.69) is 20.6 Å². The van der Waals surface area contributed by atoms with E-state index in [-0.39, 0.29) is 5.91 Å². The Bertz CT molecular complexity index is 843. The smallest absolute Gasteiger partial charge is 0.268 e. The van der Waals surface area contributed by atoms with Crippen molar-refractivity contribution < 1.29 is 4.79 Å². The van der Waals surface area contributed by atoms with Crippen molar-refractivity contribution in [1.82, 2.24) is 20.2 Å². The molecule has 0 radical (unpaired) electrons. The number of pyridine rings is 1. The van der Waals surface area contributed by atoms with Gasteiger partial charge in [-0.05, 0) is 29.8 Å². The van der Waals surface area contributed by atoms with E-state index in [1.54, 1.807) is 35.4 Å². The summed E-state index contributed by atoms with van der Waals surface area (Å²) >= 11 is 5.86. The summed E-state index contributed by atoms with van der Waals surface area (Å²) in [6, 6.07) is 12.8.